The Labute approximate surface area is 162 Å². The van der Waals surface area contributed by atoms with Crippen molar-refractivity contribution in [2.75, 3.05) is 6.73 Å². The summed E-state index contributed by atoms with van der Waals surface area (Å²) in [7, 11) is 0. The first-order chi connectivity index (χ1) is 13.8. The molecule has 0 fully saturated rings. The zero-order valence-corrected chi connectivity index (χ0v) is 15.0. The first-order valence-electron chi connectivity index (χ1n) is 9.03. The molecule has 0 N–H and O–H groups in total. The Kier molecular flexibility index (Phi) is 4.10. The predicted octanol–water partition coefficient (Wildman–Crippen LogP) is 3.44. The highest BCUT2D eigenvalue weighted by Crippen LogP contribution is 2.42. The lowest BCUT2D eigenvalue weighted by Gasteiger charge is -2.29. The van der Waals surface area contributed by atoms with E-state index >= 15 is 0 Å². The van der Waals surface area contributed by atoms with Gasteiger partial charge >= 0.3 is 0 Å². The number of carbonyl (C=O) groups excluding carboxylic acids is 1. The molecule has 28 heavy (non-hydrogen) atoms. The lowest BCUT2D eigenvalue weighted by atomic mass is 10.0. The number of fused-ring (bicyclic) bond motifs is 3. The van der Waals surface area contributed by atoms with Gasteiger partial charge in [0.25, 0.3) is 0 Å². The second-order valence-electron chi connectivity index (χ2n) is 6.73. The molecular weight excluding hydrogens is 354 g/mol. The van der Waals surface area contributed by atoms with Crippen LogP contribution in [-0.2, 0) is 13.1 Å². The summed E-state index contributed by atoms with van der Waals surface area (Å²) in [6.07, 6.45) is 6.92. The van der Waals surface area contributed by atoms with Gasteiger partial charge in [-0.3, -0.25) is 19.7 Å². The summed E-state index contributed by atoms with van der Waals surface area (Å²) in [4.78, 5) is 23.2. The van der Waals surface area contributed by atoms with Crippen LogP contribution in [0.15, 0.2) is 66.8 Å². The fraction of sp³-hybridized carbons (Fsp3) is 0.136. The first-order valence-corrected chi connectivity index (χ1v) is 9.03. The number of rotatable bonds is 3. The number of carbonyl (C=O) groups is 1. The van der Waals surface area contributed by atoms with Gasteiger partial charge in [-0.25, -0.2) is 0 Å². The summed E-state index contributed by atoms with van der Waals surface area (Å²) in [6.45, 7) is 1.86. The molecule has 0 saturated carbocycles. The number of hydrogen-bond acceptors (Lipinski definition) is 6. The SMILES string of the molecule is O=C1/C(=C/c2ccccn2)Oc2c1ccc1c2CN(Cc2ccncc2)CO1. The molecule has 0 aliphatic carbocycles. The van der Waals surface area contributed by atoms with E-state index in [0.717, 1.165) is 23.4 Å². The summed E-state index contributed by atoms with van der Waals surface area (Å²) < 4.78 is 11.9. The maximum Gasteiger partial charge on any atom is 0.232 e. The molecule has 6 heteroatoms. The Bertz CT molecular complexity index is 1070. The number of nitrogens with zero attached hydrogens (tertiary/aromatic N) is 3. The molecule has 3 aromatic rings. The Morgan fingerprint density at radius 1 is 1.07 bits per heavy atom. The van der Waals surface area contributed by atoms with Gasteiger partial charge in [0.1, 0.15) is 18.2 Å². The van der Waals surface area contributed by atoms with Crippen LogP contribution in [0.2, 0.25) is 0 Å². The zero-order valence-electron chi connectivity index (χ0n) is 15.0. The third-order valence-corrected chi connectivity index (χ3v) is 4.80. The zero-order chi connectivity index (χ0) is 18.9. The van der Waals surface area contributed by atoms with Gasteiger partial charge in [-0.1, -0.05) is 6.07 Å². The van der Waals surface area contributed by atoms with Crippen LogP contribution in [0.25, 0.3) is 6.08 Å². The van der Waals surface area contributed by atoms with Crippen LogP contribution in [-0.4, -0.2) is 27.4 Å². The molecule has 1 aromatic carbocycles. The lowest BCUT2D eigenvalue weighted by molar-refractivity contribution is 0.0872. The topological polar surface area (TPSA) is 64.5 Å². The molecule has 138 valence electrons. The highest BCUT2D eigenvalue weighted by atomic mass is 16.5. The van der Waals surface area contributed by atoms with Gasteiger partial charge in [-0.15, -0.1) is 0 Å². The van der Waals surface area contributed by atoms with E-state index in [-0.39, 0.29) is 11.5 Å². The van der Waals surface area contributed by atoms with Crippen LogP contribution in [0.5, 0.6) is 11.5 Å². The van der Waals surface area contributed by atoms with Gasteiger partial charge in [0, 0.05) is 37.8 Å². The molecular formula is C22H17N3O3. The fourth-order valence-electron chi connectivity index (χ4n) is 3.45. The normalized spacial score (nSPS) is 17.0. The fourth-order valence-corrected chi connectivity index (χ4v) is 3.45. The van der Waals surface area contributed by atoms with Gasteiger partial charge in [-0.2, -0.15) is 0 Å². The lowest BCUT2D eigenvalue weighted by Crippen LogP contribution is -2.31. The summed E-state index contributed by atoms with van der Waals surface area (Å²) in [5.74, 6) is 1.50. The Morgan fingerprint density at radius 2 is 1.96 bits per heavy atom. The minimum Gasteiger partial charge on any atom is -0.478 e. The largest absolute Gasteiger partial charge is 0.478 e. The standard InChI is InChI=1S/C22H17N3O3/c26-21-17-4-5-19-18(13-25(14-27-19)12-15-6-9-23-10-7-15)22(17)28-20(21)11-16-3-1-2-8-24-16/h1-11H,12-14H2/b20-11-. The summed E-state index contributed by atoms with van der Waals surface area (Å²) in [5.41, 5.74) is 3.30. The summed E-state index contributed by atoms with van der Waals surface area (Å²) >= 11 is 0. The third kappa shape index (κ3) is 3.04. The van der Waals surface area contributed by atoms with Crippen LogP contribution in [0.1, 0.15) is 27.2 Å². The minimum absolute atomic E-state index is 0.130. The molecule has 4 heterocycles. The van der Waals surface area contributed by atoms with E-state index in [1.807, 2.05) is 36.4 Å². The Balaban J connectivity index is 1.44. The maximum absolute atomic E-state index is 12.8. The van der Waals surface area contributed by atoms with Crippen LogP contribution < -0.4 is 9.47 Å². The van der Waals surface area contributed by atoms with E-state index in [9.17, 15) is 4.79 Å². The van der Waals surface area contributed by atoms with Crippen molar-refractivity contribution >= 4 is 11.9 Å². The maximum atomic E-state index is 12.8. The van der Waals surface area contributed by atoms with Gasteiger partial charge in [0.05, 0.1) is 16.8 Å². The van der Waals surface area contributed by atoms with Crippen molar-refractivity contribution in [3.05, 3.63) is 89.2 Å². The number of benzene rings is 1. The average Bonchev–Trinajstić information content (AvgIpc) is 3.05. The molecule has 2 aliphatic heterocycles. The van der Waals surface area contributed by atoms with Crippen LogP contribution in [0.4, 0.5) is 0 Å². The second-order valence-corrected chi connectivity index (χ2v) is 6.73. The van der Waals surface area contributed by atoms with Crippen molar-refractivity contribution in [1.82, 2.24) is 14.9 Å². The molecule has 0 bridgehead atoms. The molecule has 2 aromatic heterocycles. The van der Waals surface area contributed by atoms with Crippen molar-refractivity contribution in [3.8, 4) is 11.5 Å². The van der Waals surface area contributed by atoms with Crippen molar-refractivity contribution < 1.29 is 14.3 Å². The van der Waals surface area contributed by atoms with Gasteiger partial charge in [-0.05, 0) is 42.0 Å². The number of pyridine rings is 2. The number of Topliss-reactive ketones (excluding diaryl/α,β-unsaturated/α-hetero) is 1. The monoisotopic (exact) mass is 371 g/mol. The van der Waals surface area contributed by atoms with E-state index in [0.29, 0.717) is 30.3 Å². The Hall–Kier alpha value is -3.51. The minimum atomic E-state index is -0.130. The van der Waals surface area contributed by atoms with Crippen molar-refractivity contribution in [3.63, 3.8) is 0 Å². The van der Waals surface area contributed by atoms with E-state index < -0.39 is 0 Å². The first kappa shape index (κ1) is 16.6. The smallest absolute Gasteiger partial charge is 0.232 e. The molecule has 0 atom stereocenters. The van der Waals surface area contributed by atoms with Crippen molar-refractivity contribution in [1.29, 1.82) is 0 Å². The molecule has 6 nitrogen and oxygen atoms in total. The molecule has 0 unspecified atom stereocenters. The number of allylic oxidation sites excluding steroid dienone is 1. The average molecular weight is 371 g/mol. The van der Waals surface area contributed by atoms with Crippen LogP contribution >= 0.6 is 0 Å². The summed E-state index contributed by atoms with van der Waals surface area (Å²) in [5, 5.41) is 0. The highest BCUT2D eigenvalue weighted by Gasteiger charge is 2.33. The van der Waals surface area contributed by atoms with Gasteiger partial charge in [0.15, 0.2) is 5.76 Å². The molecule has 0 radical (unpaired) electrons. The summed E-state index contributed by atoms with van der Waals surface area (Å²) in [6, 6.07) is 13.1. The quantitative estimate of drug-likeness (QED) is 0.657. The molecule has 0 amide bonds. The number of hydrogen-bond donors (Lipinski definition) is 0. The van der Waals surface area contributed by atoms with Crippen LogP contribution in [0.3, 0.4) is 0 Å². The number of aromatic nitrogens is 2. The van der Waals surface area contributed by atoms with E-state index in [2.05, 4.69) is 14.9 Å². The van der Waals surface area contributed by atoms with Crippen molar-refractivity contribution in [2.45, 2.75) is 13.1 Å². The number of ketones is 1. The van der Waals surface area contributed by atoms with E-state index in [1.165, 1.54) is 0 Å². The number of ether oxygens (including phenoxy) is 2. The third-order valence-electron chi connectivity index (χ3n) is 4.80. The predicted molar refractivity (Wildman–Crippen MR) is 103 cm³/mol. The van der Waals surface area contributed by atoms with Gasteiger partial charge < -0.3 is 9.47 Å². The van der Waals surface area contributed by atoms with Crippen LogP contribution in [0, 0.1) is 0 Å². The van der Waals surface area contributed by atoms with Crippen molar-refractivity contribution in [2.24, 2.45) is 0 Å². The molecule has 2 aliphatic rings. The molecule has 5 rings (SSSR count). The molecule has 0 spiro atoms. The Morgan fingerprint density at radius 3 is 2.79 bits per heavy atom. The van der Waals surface area contributed by atoms with Gasteiger partial charge in [0.2, 0.25) is 5.78 Å². The molecule has 0 saturated heterocycles. The second kappa shape index (κ2) is 6.90. The highest BCUT2D eigenvalue weighted by molar-refractivity contribution is 6.14. The van der Waals surface area contributed by atoms with E-state index in [4.69, 9.17) is 9.47 Å². The van der Waals surface area contributed by atoms with E-state index in [1.54, 1.807) is 30.7 Å².